The van der Waals surface area contributed by atoms with Crippen LogP contribution in [-0.2, 0) is 11.2 Å². The lowest BCUT2D eigenvalue weighted by molar-refractivity contribution is -0.384. The molecule has 0 spiro atoms. The molecule has 1 aliphatic heterocycles. The number of nitro benzene ring substituents is 1. The lowest BCUT2D eigenvalue weighted by Gasteiger charge is -2.24. The van der Waals surface area contributed by atoms with Gasteiger partial charge in [0.15, 0.2) is 0 Å². The molecule has 0 amide bonds. The first-order chi connectivity index (χ1) is 14.5. The number of nitro groups is 1. The van der Waals surface area contributed by atoms with Crippen molar-refractivity contribution in [2.24, 2.45) is 0 Å². The Morgan fingerprint density at radius 2 is 1.90 bits per heavy atom. The molecule has 0 aromatic heterocycles. The van der Waals surface area contributed by atoms with E-state index in [0.29, 0.717) is 40.2 Å². The molecular weight excluding hydrogens is 386 g/mol. The Morgan fingerprint density at radius 1 is 1.10 bits per heavy atom. The SMILES string of the molecule is CCOC(=O)c1c(-c2cc([N+](=O)[O-])ccc2OC)ccc2c1Cc1ccccc1O2. The van der Waals surface area contributed by atoms with Gasteiger partial charge in [-0.2, -0.15) is 0 Å². The largest absolute Gasteiger partial charge is 0.496 e. The van der Waals surface area contributed by atoms with Crippen LogP contribution in [0.15, 0.2) is 54.6 Å². The number of carbonyl (C=O) groups is 1. The second-order valence-electron chi connectivity index (χ2n) is 6.71. The third-order valence-electron chi connectivity index (χ3n) is 4.99. The molecule has 1 aliphatic rings. The molecule has 0 atom stereocenters. The van der Waals surface area contributed by atoms with Gasteiger partial charge in [0.1, 0.15) is 17.2 Å². The van der Waals surface area contributed by atoms with Gasteiger partial charge in [0.25, 0.3) is 5.69 Å². The molecule has 30 heavy (non-hydrogen) atoms. The molecule has 0 unspecified atom stereocenters. The average molecular weight is 405 g/mol. The molecule has 0 radical (unpaired) electrons. The van der Waals surface area contributed by atoms with E-state index in [1.807, 2.05) is 24.3 Å². The number of benzene rings is 3. The van der Waals surface area contributed by atoms with Crippen LogP contribution in [0.25, 0.3) is 11.1 Å². The lowest BCUT2D eigenvalue weighted by atomic mass is 9.89. The van der Waals surface area contributed by atoms with E-state index >= 15 is 0 Å². The second-order valence-corrected chi connectivity index (χ2v) is 6.71. The number of ether oxygens (including phenoxy) is 3. The minimum Gasteiger partial charge on any atom is -0.496 e. The van der Waals surface area contributed by atoms with Crippen LogP contribution in [0, 0.1) is 10.1 Å². The van der Waals surface area contributed by atoms with Gasteiger partial charge in [0.05, 0.1) is 24.2 Å². The van der Waals surface area contributed by atoms with Gasteiger partial charge in [0.2, 0.25) is 0 Å². The quantitative estimate of drug-likeness (QED) is 0.259. The minimum absolute atomic E-state index is 0.0973. The Bertz CT molecular complexity index is 1150. The molecule has 0 aliphatic carbocycles. The minimum atomic E-state index is -0.513. The van der Waals surface area contributed by atoms with Crippen molar-refractivity contribution in [1.82, 2.24) is 0 Å². The number of carbonyl (C=O) groups excluding carboxylic acids is 1. The van der Waals surface area contributed by atoms with E-state index in [4.69, 9.17) is 14.2 Å². The molecule has 0 bridgehead atoms. The van der Waals surface area contributed by atoms with Crippen LogP contribution in [0.5, 0.6) is 17.2 Å². The lowest BCUT2D eigenvalue weighted by Crippen LogP contribution is -2.14. The van der Waals surface area contributed by atoms with Gasteiger partial charge in [-0.3, -0.25) is 10.1 Å². The monoisotopic (exact) mass is 405 g/mol. The molecule has 0 saturated heterocycles. The normalized spacial score (nSPS) is 11.7. The third kappa shape index (κ3) is 3.34. The summed E-state index contributed by atoms with van der Waals surface area (Å²) in [6, 6.07) is 15.4. The molecule has 0 fully saturated rings. The van der Waals surface area contributed by atoms with Crippen molar-refractivity contribution in [3.63, 3.8) is 0 Å². The summed E-state index contributed by atoms with van der Waals surface area (Å²) in [5.74, 6) is 1.20. The van der Waals surface area contributed by atoms with Gasteiger partial charge >= 0.3 is 5.97 Å². The van der Waals surface area contributed by atoms with Crippen molar-refractivity contribution in [3.05, 3.63) is 81.4 Å². The smallest absolute Gasteiger partial charge is 0.339 e. The van der Waals surface area contributed by atoms with Crippen molar-refractivity contribution in [1.29, 1.82) is 0 Å². The van der Waals surface area contributed by atoms with Crippen LogP contribution >= 0.6 is 0 Å². The molecule has 152 valence electrons. The van der Waals surface area contributed by atoms with Crippen LogP contribution < -0.4 is 9.47 Å². The summed E-state index contributed by atoms with van der Waals surface area (Å²) in [4.78, 5) is 23.8. The number of rotatable bonds is 5. The maximum absolute atomic E-state index is 13.0. The summed E-state index contributed by atoms with van der Waals surface area (Å²) < 4.78 is 16.8. The van der Waals surface area contributed by atoms with Crippen molar-refractivity contribution >= 4 is 11.7 Å². The number of hydrogen-bond donors (Lipinski definition) is 0. The molecule has 3 aromatic rings. The average Bonchev–Trinajstić information content (AvgIpc) is 2.76. The molecule has 0 N–H and O–H groups in total. The first-order valence-electron chi connectivity index (χ1n) is 9.45. The number of hydrogen-bond acceptors (Lipinski definition) is 6. The number of non-ortho nitro benzene ring substituents is 1. The zero-order chi connectivity index (χ0) is 21.3. The first kappa shape index (κ1) is 19.4. The molecule has 7 heteroatoms. The van der Waals surface area contributed by atoms with Crippen LogP contribution in [0.1, 0.15) is 28.4 Å². The van der Waals surface area contributed by atoms with Crippen LogP contribution in [0.3, 0.4) is 0 Å². The van der Waals surface area contributed by atoms with Gasteiger partial charge in [0, 0.05) is 35.2 Å². The first-order valence-corrected chi connectivity index (χ1v) is 9.45. The van der Waals surface area contributed by atoms with Crippen LogP contribution in [-0.4, -0.2) is 24.6 Å². The van der Waals surface area contributed by atoms with E-state index in [0.717, 1.165) is 11.3 Å². The molecular formula is C23H19NO6. The fourth-order valence-electron chi connectivity index (χ4n) is 3.64. The van der Waals surface area contributed by atoms with Gasteiger partial charge in [-0.05, 0) is 36.8 Å². The summed E-state index contributed by atoms with van der Waals surface area (Å²) in [5, 5.41) is 11.3. The Kier molecular flexibility index (Phi) is 5.10. The van der Waals surface area contributed by atoms with Gasteiger partial charge in [-0.1, -0.05) is 18.2 Å². The maximum atomic E-state index is 13.0. The maximum Gasteiger partial charge on any atom is 0.339 e. The topological polar surface area (TPSA) is 87.9 Å². The Balaban J connectivity index is 1.95. The van der Waals surface area contributed by atoms with E-state index < -0.39 is 10.9 Å². The molecule has 7 nitrogen and oxygen atoms in total. The molecule has 1 heterocycles. The van der Waals surface area contributed by atoms with Crippen molar-refractivity contribution in [2.75, 3.05) is 13.7 Å². The summed E-state index contributed by atoms with van der Waals surface area (Å²) in [5.41, 5.74) is 2.78. The highest BCUT2D eigenvalue weighted by Crippen LogP contribution is 2.44. The highest BCUT2D eigenvalue weighted by atomic mass is 16.6. The Labute approximate surface area is 173 Å². The number of methoxy groups -OCH3 is 1. The fraction of sp³-hybridized carbons (Fsp3) is 0.174. The highest BCUT2D eigenvalue weighted by molar-refractivity contribution is 6.01. The summed E-state index contributed by atoms with van der Waals surface area (Å²) >= 11 is 0. The number of para-hydroxylation sites is 1. The predicted molar refractivity (Wildman–Crippen MR) is 110 cm³/mol. The van der Waals surface area contributed by atoms with E-state index in [9.17, 15) is 14.9 Å². The molecule has 4 rings (SSSR count). The van der Waals surface area contributed by atoms with E-state index in [1.165, 1.54) is 25.3 Å². The van der Waals surface area contributed by atoms with Crippen LogP contribution in [0.4, 0.5) is 5.69 Å². The van der Waals surface area contributed by atoms with Crippen LogP contribution in [0.2, 0.25) is 0 Å². The van der Waals surface area contributed by atoms with E-state index in [-0.39, 0.29) is 12.3 Å². The number of esters is 1. The summed E-state index contributed by atoms with van der Waals surface area (Å²) in [6.45, 7) is 1.93. The second kappa shape index (κ2) is 7.87. The van der Waals surface area contributed by atoms with Gasteiger partial charge < -0.3 is 14.2 Å². The van der Waals surface area contributed by atoms with Crippen molar-refractivity contribution in [3.8, 4) is 28.4 Å². The zero-order valence-electron chi connectivity index (χ0n) is 16.5. The summed E-state index contributed by atoms with van der Waals surface area (Å²) in [6.07, 6.45) is 0.477. The van der Waals surface area contributed by atoms with E-state index in [1.54, 1.807) is 19.1 Å². The van der Waals surface area contributed by atoms with Crippen molar-refractivity contribution in [2.45, 2.75) is 13.3 Å². The third-order valence-corrected chi connectivity index (χ3v) is 4.99. The standard InChI is InChI=1S/C23H19NO6/c1-3-29-23(25)22-16(17-13-15(24(26)27)8-10-20(17)28-2)9-11-21-18(22)12-14-6-4-5-7-19(14)30-21/h4-11,13H,3,12H2,1-2H3. The highest BCUT2D eigenvalue weighted by Gasteiger charge is 2.28. The molecule has 3 aromatic carbocycles. The Morgan fingerprint density at radius 3 is 2.63 bits per heavy atom. The summed E-state index contributed by atoms with van der Waals surface area (Å²) in [7, 11) is 1.48. The van der Waals surface area contributed by atoms with E-state index in [2.05, 4.69) is 0 Å². The number of fused-ring (bicyclic) bond motifs is 2. The number of nitrogens with zero attached hydrogens (tertiary/aromatic N) is 1. The molecule has 0 saturated carbocycles. The Hall–Kier alpha value is -3.87. The van der Waals surface area contributed by atoms with Gasteiger partial charge in [-0.15, -0.1) is 0 Å². The predicted octanol–water partition coefficient (Wildman–Crippen LogP) is 5.14. The van der Waals surface area contributed by atoms with Gasteiger partial charge in [-0.25, -0.2) is 4.79 Å². The fourth-order valence-corrected chi connectivity index (χ4v) is 3.64. The zero-order valence-corrected chi connectivity index (χ0v) is 16.5. The van der Waals surface area contributed by atoms with Crippen molar-refractivity contribution < 1.29 is 23.9 Å².